The van der Waals surface area contributed by atoms with Gasteiger partial charge < -0.3 is 5.32 Å². The molecule has 0 atom stereocenters. The molecule has 0 saturated carbocycles. The van der Waals surface area contributed by atoms with Gasteiger partial charge in [0, 0.05) is 5.56 Å². The van der Waals surface area contributed by atoms with Crippen molar-refractivity contribution in [3.8, 4) is 6.07 Å². The van der Waals surface area contributed by atoms with E-state index in [4.69, 9.17) is 16.9 Å². The second kappa shape index (κ2) is 9.21. The number of carbonyl (C=O) groups excluding carboxylic acids is 2. The lowest BCUT2D eigenvalue weighted by atomic mass is 10.2. The van der Waals surface area contributed by atoms with Gasteiger partial charge in [-0.3, -0.25) is 14.9 Å². The number of aromatic nitrogens is 1. The maximum atomic E-state index is 12.6. The predicted molar refractivity (Wildman–Crippen MR) is 115 cm³/mol. The fourth-order valence-corrected chi connectivity index (χ4v) is 4.77. The molecule has 0 radical (unpaired) electrons. The van der Waals surface area contributed by atoms with Crippen LogP contribution in [0, 0.1) is 18.3 Å². The first kappa shape index (κ1) is 20.4. The van der Waals surface area contributed by atoms with Crippen LogP contribution in [0.4, 0.5) is 10.8 Å². The zero-order valence-corrected chi connectivity index (χ0v) is 17.7. The molecule has 28 heavy (non-hydrogen) atoms. The molecule has 0 aliphatic rings. The van der Waals surface area contributed by atoms with Gasteiger partial charge in [0.1, 0.15) is 0 Å². The molecule has 3 aromatic rings. The van der Waals surface area contributed by atoms with E-state index in [1.807, 2.05) is 6.92 Å². The number of nitrogens with one attached hydrogen (secondary N) is 2. The molecule has 0 saturated heterocycles. The van der Waals surface area contributed by atoms with Crippen molar-refractivity contribution in [1.82, 2.24) is 4.98 Å². The van der Waals surface area contributed by atoms with Gasteiger partial charge in [-0.2, -0.15) is 5.26 Å². The number of hydrogen-bond donors (Lipinski definition) is 2. The summed E-state index contributed by atoms with van der Waals surface area (Å²) in [4.78, 5) is 29.7. The van der Waals surface area contributed by atoms with Crippen LogP contribution < -0.4 is 10.6 Å². The number of thioether (sulfide) groups is 1. The summed E-state index contributed by atoms with van der Waals surface area (Å²) in [6.45, 7) is 1.83. The third-order valence-electron chi connectivity index (χ3n) is 3.46. The van der Waals surface area contributed by atoms with Crippen LogP contribution in [0.1, 0.15) is 25.7 Å². The van der Waals surface area contributed by atoms with Crippen molar-refractivity contribution >= 4 is 68.7 Å². The fourth-order valence-electron chi connectivity index (χ4n) is 2.19. The average Bonchev–Trinajstić information content (AvgIpc) is 3.32. The van der Waals surface area contributed by atoms with Crippen LogP contribution in [0.2, 0.25) is 5.02 Å². The van der Waals surface area contributed by atoms with Crippen LogP contribution in [-0.2, 0) is 0 Å². The van der Waals surface area contributed by atoms with Gasteiger partial charge in [0.2, 0.25) is 0 Å². The van der Waals surface area contributed by atoms with Gasteiger partial charge in [0.15, 0.2) is 5.13 Å². The van der Waals surface area contributed by atoms with Crippen molar-refractivity contribution < 1.29 is 9.59 Å². The first-order valence-corrected chi connectivity index (χ1v) is 11.0. The van der Waals surface area contributed by atoms with Gasteiger partial charge in [-0.25, -0.2) is 4.98 Å². The van der Waals surface area contributed by atoms with E-state index >= 15 is 0 Å². The number of rotatable bonds is 6. The number of nitrogens with zero attached hydrogens (tertiary/aromatic N) is 2. The lowest BCUT2D eigenvalue weighted by Crippen LogP contribution is -2.14. The topological polar surface area (TPSA) is 94.9 Å². The van der Waals surface area contributed by atoms with Gasteiger partial charge in [-0.05, 0) is 36.6 Å². The van der Waals surface area contributed by atoms with E-state index in [-0.39, 0.29) is 11.8 Å². The Morgan fingerprint density at radius 1 is 1.29 bits per heavy atom. The molecule has 3 rings (SSSR count). The Morgan fingerprint density at radius 3 is 2.82 bits per heavy atom. The molecule has 2 N–H and O–H groups in total. The summed E-state index contributed by atoms with van der Waals surface area (Å²) < 4.78 is 0.886. The van der Waals surface area contributed by atoms with Gasteiger partial charge >= 0.3 is 0 Å². The standard InChI is InChI=1S/C18H13ClN4O2S3/c1-10-17(27-8-6-20)28-18(21-10)23-15(24)11-4-5-12(19)13(9-11)22-16(25)14-3-2-7-26-14/h2-5,7,9H,8H2,1H3,(H,22,25)(H,21,23,24). The van der Waals surface area contributed by atoms with Crippen LogP contribution in [0.5, 0.6) is 0 Å². The molecule has 6 nitrogen and oxygen atoms in total. The first-order valence-electron chi connectivity index (χ1n) is 7.91. The van der Waals surface area contributed by atoms with E-state index < -0.39 is 0 Å². The Hall–Kier alpha value is -2.38. The largest absolute Gasteiger partial charge is 0.320 e. The van der Waals surface area contributed by atoms with Crippen molar-refractivity contribution in [1.29, 1.82) is 5.26 Å². The number of nitriles is 1. The number of halogens is 1. The molecule has 0 aliphatic carbocycles. The van der Waals surface area contributed by atoms with E-state index in [0.717, 1.165) is 9.90 Å². The number of benzene rings is 1. The molecule has 0 spiro atoms. The van der Waals surface area contributed by atoms with Crippen LogP contribution >= 0.6 is 46.0 Å². The first-order chi connectivity index (χ1) is 13.5. The van der Waals surface area contributed by atoms with Crippen LogP contribution in [-0.4, -0.2) is 22.6 Å². The summed E-state index contributed by atoms with van der Waals surface area (Å²) in [5.41, 5.74) is 1.46. The Kier molecular flexibility index (Phi) is 6.70. The Morgan fingerprint density at radius 2 is 2.11 bits per heavy atom. The quantitative estimate of drug-likeness (QED) is 0.500. The van der Waals surface area contributed by atoms with Crippen LogP contribution in [0.15, 0.2) is 39.9 Å². The van der Waals surface area contributed by atoms with E-state index in [0.29, 0.717) is 32.0 Å². The third kappa shape index (κ3) is 4.91. The van der Waals surface area contributed by atoms with Crippen molar-refractivity contribution in [3.05, 3.63) is 56.9 Å². The molecule has 10 heteroatoms. The van der Waals surface area contributed by atoms with Crippen molar-refractivity contribution in [3.63, 3.8) is 0 Å². The third-order valence-corrected chi connectivity index (χ3v) is 6.96. The minimum absolute atomic E-state index is 0.288. The molecule has 0 unspecified atom stereocenters. The Balaban J connectivity index is 1.74. The van der Waals surface area contributed by atoms with E-state index in [1.54, 1.807) is 29.6 Å². The maximum Gasteiger partial charge on any atom is 0.265 e. The summed E-state index contributed by atoms with van der Waals surface area (Å²) in [6, 6.07) is 10.2. The molecule has 2 amide bonds. The predicted octanol–water partition coefficient (Wildman–Crippen LogP) is 5.29. The molecule has 142 valence electrons. The summed E-state index contributed by atoms with van der Waals surface area (Å²) in [5, 5.41) is 16.7. The number of thiophene rings is 1. The Bertz CT molecular complexity index is 1060. The number of amides is 2. The highest BCUT2D eigenvalue weighted by molar-refractivity contribution is 8.01. The second-order valence-corrected chi connectivity index (χ2v) is 9.02. The van der Waals surface area contributed by atoms with Gasteiger partial charge in [0.25, 0.3) is 11.8 Å². The number of thiazole rings is 1. The highest BCUT2D eigenvalue weighted by Gasteiger charge is 2.15. The molecular weight excluding hydrogens is 436 g/mol. The summed E-state index contributed by atoms with van der Waals surface area (Å²) in [5.74, 6) is -0.334. The number of hydrogen-bond acceptors (Lipinski definition) is 7. The van der Waals surface area contributed by atoms with E-state index in [9.17, 15) is 9.59 Å². The number of carbonyl (C=O) groups is 2. The van der Waals surface area contributed by atoms with Crippen LogP contribution in [0.25, 0.3) is 0 Å². The maximum absolute atomic E-state index is 12.6. The second-order valence-electron chi connectivity index (χ2n) is 5.42. The molecule has 2 aromatic heterocycles. The van der Waals surface area contributed by atoms with Gasteiger partial charge in [0.05, 0.1) is 37.3 Å². The number of aryl methyl sites for hydroxylation is 1. The van der Waals surface area contributed by atoms with E-state index in [1.165, 1.54) is 40.5 Å². The zero-order chi connectivity index (χ0) is 20.1. The summed E-state index contributed by atoms with van der Waals surface area (Å²) >= 11 is 10.2. The molecule has 1 aromatic carbocycles. The monoisotopic (exact) mass is 448 g/mol. The Labute approximate surface area is 178 Å². The molecule has 0 bridgehead atoms. The molecular formula is C18H13ClN4O2S3. The SMILES string of the molecule is Cc1nc(NC(=O)c2ccc(Cl)c(NC(=O)c3cccs3)c2)sc1SCC#N. The normalized spacial score (nSPS) is 10.3. The van der Waals surface area contributed by atoms with Gasteiger partial charge in [-0.15, -0.1) is 11.3 Å². The fraction of sp³-hybridized carbons (Fsp3) is 0.111. The minimum atomic E-state index is -0.367. The average molecular weight is 449 g/mol. The zero-order valence-electron chi connectivity index (χ0n) is 14.5. The van der Waals surface area contributed by atoms with Crippen molar-refractivity contribution in [2.45, 2.75) is 11.1 Å². The van der Waals surface area contributed by atoms with Crippen LogP contribution in [0.3, 0.4) is 0 Å². The summed E-state index contributed by atoms with van der Waals surface area (Å²) in [7, 11) is 0. The molecule has 2 heterocycles. The van der Waals surface area contributed by atoms with Gasteiger partial charge in [-0.1, -0.05) is 40.8 Å². The minimum Gasteiger partial charge on any atom is -0.320 e. The summed E-state index contributed by atoms with van der Waals surface area (Å²) in [6.07, 6.45) is 0. The number of anilines is 2. The lowest BCUT2D eigenvalue weighted by molar-refractivity contribution is 0.101. The lowest BCUT2D eigenvalue weighted by Gasteiger charge is -2.09. The van der Waals surface area contributed by atoms with E-state index in [2.05, 4.69) is 21.7 Å². The smallest absolute Gasteiger partial charge is 0.265 e. The molecule has 0 aliphatic heterocycles. The van der Waals surface area contributed by atoms with Crippen molar-refractivity contribution in [2.75, 3.05) is 16.4 Å². The van der Waals surface area contributed by atoms with Crippen molar-refractivity contribution in [2.24, 2.45) is 0 Å². The highest BCUT2D eigenvalue weighted by atomic mass is 35.5. The highest BCUT2D eigenvalue weighted by Crippen LogP contribution is 2.32. The molecule has 0 fully saturated rings.